The van der Waals surface area contributed by atoms with E-state index in [1.54, 1.807) is 0 Å². The lowest BCUT2D eigenvalue weighted by Gasteiger charge is -2.10. The summed E-state index contributed by atoms with van der Waals surface area (Å²) in [7, 11) is 0. The number of benzene rings is 2. The van der Waals surface area contributed by atoms with Crippen molar-refractivity contribution in [2.45, 2.75) is 39.0 Å². The van der Waals surface area contributed by atoms with Crippen LogP contribution in [-0.2, 0) is 11.2 Å². The second-order valence-corrected chi connectivity index (χ2v) is 5.47. The summed E-state index contributed by atoms with van der Waals surface area (Å²) in [4.78, 5) is 10.5. The largest absolute Gasteiger partial charge is 0.481 e. The standard InChI is InChI=1S/C19H22O3/c1-15-14-16(8-4-2-7-11-19(20)21)12-13-18(15)22-17-9-5-3-6-10-17/h3,5-6,9-10,12-14H,2,4,7-8,11H2,1H3,(H,20,21). The number of rotatable bonds is 8. The van der Waals surface area contributed by atoms with E-state index in [2.05, 4.69) is 12.1 Å². The second kappa shape index (κ2) is 8.23. The highest BCUT2D eigenvalue weighted by Crippen LogP contribution is 2.26. The SMILES string of the molecule is Cc1cc(CCCCCC(=O)O)ccc1Oc1ccccc1. The number of aliphatic carboxylic acids is 1. The second-order valence-electron chi connectivity index (χ2n) is 5.47. The first-order chi connectivity index (χ1) is 10.6. The van der Waals surface area contributed by atoms with Gasteiger partial charge in [0.15, 0.2) is 0 Å². The predicted molar refractivity (Wildman–Crippen MR) is 87.5 cm³/mol. The molecular formula is C19H22O3. The Morgan fingerprint density at radius 3 is 2.50 bits per heavy atom. The first-order valence-corrected chi connectivity index (χ1v) is 7.69. The van der Waals surface area contributed by atoms with Crippen LogP contribution in [0.2, 0.25) is 0 Å². The Morgan fingerprint density at radius 1 is 1.05 bits per heavy atom. The van der Waals surface area contributed by atoms with Crippen LogP contribution in [0.1, 0.15) is 36.8 Å². The highest BCUT2D eigenvalue weighted by molar-refractivity contribution is 5.66. The number of hydrogen-bond acceptors (Lipinski definition) is 2. The maximum atomic E-state index is 10.5. The Bertz CT molecular complexity index is 605. The van der Waals surface area contributed by atoms with E-state index in [0.29, 0.717) is 0 Å². The summed E-state index contributed by atoms with van der Waals surface area (Å²) in [5.41, 5.74) is 2.39. The predicted octanol–water partition coefficient (Wildman–Crippen LogP) is 4.97. The fraction of sp³-hybridized carbons (Fsp3) is 0.316. The first kappa shape index (κ1) is 16.1. The third kappa shape index (κ3) is 5.24. The van der Waals surface area contributed by atoms with Crippen LogP contribution in [0.5, 0.6) is 11.5 Å². The minimum Gasteiger partial charge on any atom is -0.481 e. The van der Waals surface area contributed by atoms with Gasteiger partial charge in [-0.1, -0.05) is 36.8 Å². The number of carbonyl (C=O) groups is 1. The topological polar surface area (TPSA) is 46.5 Å². The highest BCUT2D eigenvalue weighted by Gasteiger charge is 2.03. The van der Waals surface area contributed by atoms with E-state index < -0.39 is 5.97 Å². The molecule has 0 aliphatic carbocycles. The Labute approximate surface area is 131 Å². The summed E-state index contributed by atoms with van der Waals surface area (Å²) in [6, 6.07) is 16.0. The maximum absolute atomic E-state index is 10.5. The average molecular weight is 298 g/mol. The smallest absolute Gasteiger partial charge is 0.303 e. The number of unbranched alkanes of at least 4 members (excludes halogenated alkanes) is 2. The highest BCUT2D eigenvalue weighted by atomic mass is 16.5. The van der Waals surface area contributed by atoms with E-state index in [4.69, 9.17) is 9.84 Å². The van der Waals surface area contributed by atoms with Crippen molar-refractivity contribution in [3.8, 4) is 11.5 Å². The lowest BCUT2D eigenvalue weighted by atomic mass is 10.0. The average Bonchev–Trinajstić information content (AvgIpc) is 2.50. The van der Waals surface area contributed by atoms with Gasteiger partial charge in [-0.15, -0.1) is 0 Å². The van der Waals surface area contributed by atoms with Crippen molar-refractivity contribution in [2.24, 2.45) is 0 Å². The van der Waals surface area contributed by atoms with Crippen molar-refractivity contribution in [1.82, 2.24) is 0 Å². The van der Waals surface area contributed by atoms with Crippen LogP contribution in [-0.4, -0.2) is 11.1 Å². The normalized spacial score (nSPS) is 10.4. The zero-order valence-corrected chi connectivity index (χ0v) is 12.9. The molecule has 3 heteroatoms. The molecule has 22 heavy (non-hydrogen) atoms. The van der Waals surface area contributed by atoms with Crippen molar-refractivity contribution in [2.75, 3.05) is 0 Å². The van der Waals surface area contributed by atoms with Crippen molar-refractivity contribution < 1.29 is 14.6 Å². The van der Waals surface area contributed by atoms with Gasteiger partial charge in [-0.2, -0.15) is 0 Å². The molecular weight excluding hydrogens is 276 g/mol. The molecule has 0 spiro atoms. The molecule has 2 aromatic carbocycles. The monoisotopic (exact) mass is 298 g/mol. The van der Waals surface area contributed by atoms with E-state index in [1.165, 1.54) is 5.56 Å². The van der Waals surface area contributed by atoms with Crippen LogP contribution in [0.4, 0.5) is 0 Å². The van der Waals surface area contributed by atoms with Crippen molar-refractivity contribution >= 4 is 5.97 Å². The van der Waals surface area contributed by atoms with Gasteiger partial charge in [0.1, 0.15) is 11.5 Å². The van der Waals surface area contributed by atoms with Gasteiger partial charge in [0, 0.05) is 6.42 Å². The van der Waals surface area contributed by atoms with E-state index in [1.807, 2.05) is 43.3 Å². The number of carboxylic acid groups (broad SMARTS) is 1. The number of para-hydroxylation sites is 1. The maximum Gasteiger partial charge on any atom is 0.303 e. The summed E-state index contributed by atoms with van der Waals surface area (Å²) in [6.07, 6.45) is 3.97. The Hall–Kier alpha value is -2.29. The van der Waals surface area contributed by atoms with Crippen LogP contribution in [0.25, 0.3) is 0 Å². The number of ether oxygens (including phenoxy) is 1. The third-order valence-corrected chi connectivity index (χ3v) is 3.57. The van der Waals surface area contributed by atoms with E-state index in [9.17, 15) is 4.79 Å². The van der Waals surface area contributed by atoms with Crippen LogP contribution in [0.15, 0.2) is 48.5 Å². The number of hydrogen-bond donors (Lipinski definition) is 1. The Morgan fingerprint density at radius 2 is 1.82 bits per heavy atom. The van der Waals surface area contributed by atoms with Crippen LogP contribution >= 0.6 is 0 Å². The van der Waals surface area contributed by atoms with Gasteiger partial charge in [-0.05, 0) is 55.5 Å². The van der Waals surface area contributed by atoms with Crippen molar-refractivity contribution in [1.29, 1.82) is 0 Å². The molecule has 0 aromatic heterocycles. The molecule has 2 aromatic rings. The summed E-state index contributed by atoms with van der Waals surface area (Å²) in [6.45, 7) is 2.05. The quantitative estimate of drug-likeness (QED) is 0.699. The van der Waals surface area contributed by atoms with Crippen molar-refractivity contribution in [3.63, 3.8) is 0 Å². The van der Waals surface area contributed by atoms with Gasteiger partial charge in [0.25, 0.3) is 0 Å². The molecule has 0 saturated carbocycles. The Balaban J connectivity index is 1.85. The molecule has 0 saturated heterocycles. The van der Waals surface area contributed by atoms with Crippen LogP contribution < -0.4 is 4.74 Å². The summed E-state index contributed by atoms with van der Waals surface area (Å²) in [5, 5.41) is 8.60. The molecule has 0 aliphatic heterocycles. The van der Waals surface area contributed by atoms with Gasteiger partial charge in [0.05, 0.1) is 0 Å². The summed E-state index contributed by atoms with van der Waals surface area (Å²) in [5.74, 6) is 1.01. The van der Waals surface area contributed by atoms with E-state index >= 15 is 0 Å². The zero-order chi connectivity index (χ0) is 15.8. The minimum atomic E-state index is -0.710. The lowest BCUT2D eigenvalue weighted by Crippen LogP contribution is -1.95. The fourth-order valence-corrected chi connectivity index (χ4v) is 2.38. The van der Waals surface area contributed by atoms with Crippen LogP contribution in [0.3, 0.4) is 0 Å². The van der Waals surface area contributed by atoms with Gasteiger partial charge < -0.3 is 9.84 Å². The van der Waals surface area contributed by atoms with Gasteiger partial charge in [0.2, 0.25) is 0 Å². The summed E-state index contributed by atoms with van der Waals surface area (Å²) >= 11 is 0. The molecule has 116 valence electrons. The lowest BCUT2D eigenvalue weighted by molar-refractivity contribution is -0.137. The minimum absolute atomic E-state index is 0.267. The molecule has 0 bridgehead atoms. The number of carboxylic acids is 1. The molecule has 1 N–H and O–H groups in total. The fourth-order valence-electron chi connectivity index (χ4n) is 2.38. The molecule has 0 unspecified atom stereocenters. The molecule has 0 fully saturated rings. The zero-order valence-electron chi connectivity index (χ0n) is 12.9. The molecule has 0 heterocycles. The van der Waals surface area contributed by atoms with Gasteiger partial charge in [-0.25, -0.2) is 0 Å². The first-order valence-electron chi connectivity index (χ1n) is 7.69. The number of aryl methyl sites for hydroxylation is 2. The van der Waals surface area contributed by atoms with Crippen molar-refractivity contribution in [3.05, 3.63) is 59.7 Å². The molecule has 0 atom stereocenters. The van der Waals surface area contributed by atoms with Gasteiger partial charge in [-0.3, -0.25) is 4.79 Å². The molecule has 0 amide bonds. The Kier molecular flexibility index (Phi) is 6.01. The van der Waals surface area contributed by atoms with Crippen LogP contribution in [0, 0.1) is 6.92 Å². The van der Waals surface area contributed by atoms with E-state index in [0.717, 1.165) is 42.7 Å². The molecule has 0 aliphatic rings. The van der Waals surface area contributed by atoms with Gasteiger partial charge >= 0.3 is 5.97 Å². The molecule has 3 nitrogen and oxygen atoms in total. The molecule has 2 rings (SSSR count). The molecule has 0 radical (unpaired) electrons. The summed E-state index contributed by atoms with van der Waals surface area (Å²) < 4.78 is 5.87. The third-order valence-electron chi connectivity index (χ3n) is 3.57. The van der Waals surface area contributed by atoms with E-state index in [-0.39, 0.29) is 6.42 Å².